The van der Waals surface area contributed by atoms with Gasteiger partial charge in [0.05, 0.1) is 0 Å². The quantitative estimate of drug-likeness (QED) is 0.767. The molecule has 1 aromatic carbocycles. The first kappa shape index (κ1) is 11.1. The van der Waals surface area contributed by atoms with Gasteiger partial charge in [0.2, 0.25) is 0 Å². The second kappa shape index (κ2) is 5.08. The maximum Gasteiger partial charge on any atom is 0.185 e. The number of hydrogen-bond donors (Lipinski definition) is 0. The summed E-state index contributed by atoms with van der Waals surface area (Å²) in [6.07, 6.45) is 10.8. The van der Waals surface area contributed by atoms with E-state index in [-0.39, 0.29) is 5.78 Å². The summed E-state index contributed by atoms with van der Waals surface area (Å²) in [7, 11) is 0. The number of rotatable bonds is 3. The number of halogens is 1. The Morgan fingerprint density at radius 2 is 1.94 bits per heavy atom. The minimum atomic E-state index is 0.0351. The van der Waals surface area contributed by atoms with E-state index < -0.39 is 0 Å². The number of allylic oxidation sites excluding steroid dienone is 5. The third-order valence-corrected chi connectivity index (χ3v) is 2.77. The second-order valence-corrected chi connectivity index (χ2v) is 4.34. The Morgan fingerprint density at radius 3 is 2.56 bits per heavy atom. The molecule has 0 N–H and O–H groups in total. The Morgan fingerprint density at radius 1 is 1.19 bits per heavy atom. The largest absolute Gasteiger partial charge is 0.289 e. The van der Waals surface area contributed by atoms with Crippen molar-refractivity contribution < 1.29 is 4.79 Å². The molecule has 2 rings (SSSR count). The summed E-state index contributed by atoms with van der Waals surface area (Å²) in [5, 5.41) is 0. The van der Waals surface area contributed by atoms with Crippen LogP contribution in [0.25, 0.3) is 6.08 Å². The summed E-state index contributed by atoms with van der Waals surface area (Å²) in [5.74, 6) is 0.0351. The molecule has 2 heteroatoms. The van der Waals surface area contributed by atoms with Crippen LogP contribution in [0.4, 0.5) is 0 Å². The van der Waals surface area contributed by atoms with Gasteiger partial charge in [0.25, 0.3) is 0 Å². The smallest absolute Gasteiger partial charge is 0.185 e. The van der Waals surface area contributed by atoms with E-state index in [2.05, 4.69) is 15.9 Å². The lowest BCUT2D eigenvalue weighted by Crippen LogP contribution is -1.93. The maximum atomic E-state index is 11.6. The van der Waals surface area contributed by atoms with Gasteiger partial charge in [-0.05, 0) is 23.8 Å². The van der Waals surface area contributed by atoms with Gasteiger partial charge in [-0.1, -0.05) is 52.4 Å². The molecule has 0 bridgehead atoms. The third kappa shape index (κ3) is 2.80. The van der Waals surface area contributed by atoms with E-state index in [9.17, 15) is 4.79 Å². The Hall–Kier alpha value is -1.41. The zero-order valence-corrected chi connectivity index (χ0v) is 10.1. The third-order valence-electron chi connectivity index (χ3n) is 2.24. The first-order valence-corrected chi connectivity index (χ1v) is 5.75. The van der Waals surface area contributed by atoms with Crippen LogP contribution in [0.2, 0.25) is 0 Å². The zero-order valence-electron chi connectivity index (χ0n) is 8.56. The number of carbonyl (C=O) groups is 1. The fraction of sp³-hybridized carbons (Fsp3) is 0. The number of hydrogen-bond acceptors (Lipinski definition) is 1. The normalized spacial score (nSPS) is 14.4. The van der Waals surface area contributed by atoms with E-state index in [0.717, 1.165) is 15.6 Å². The molecule has 1 aliphatic rings. The molecule has 79 valence electrons. The molecule has 0 aromatic heterocycles. The molecule has 0 atom stereocenters. The Labute approximate surface area is 103 Å². The molecule has 0 spiro atoms. The SMILES string of the molecule is O=C(/C=C/c1ccc(Br)cc1)C1=C[CH]C=C1. The van der Waals surface area contributed by atoms with Gasteiger partial charge in [0.15, 0.2) is 5.78 Å². The molecule has 0 aliphatic heterocycles. The van der Waals surface area contributed by atoms with Crippen molar-refractivity contribution in [1.82, 2.24) is 0 Å². The molecule has 0 heterocycles. The van der Waals surface area contributed by atoms with E-state index >= 15 is 0 Å². The van der Waals surface area contributed by atoms with Crippen molar-refractivity contribution >= 4 is 27.8 Å². The molecular formula is C14H10BrO. The van der Waals surface area contributed by atoms with Crippen molar-refractivity contribution in [1.29, 1.82) is 0 Å². The highest BCUT2D eigenvalue weighted by Crippen LogP contribution is 2.13. The molecule has 0 amide bonds. The second-order valence-electron chi connectivity index (χ2n) is 3.42. The number of benzene rings is 1. The highest BCUT2D eigenvalue weighted by molar-refractivity contribution is 9.10. The first-order valence-electron chi connectivity index (χ1n) is 4.95. The molecule has 16 heavy (non-hydrogen) atoms. The van der Waals surface area contributed by atoms with E-state index in [1.54, 1.807) is 6.08 Å². The lowest BCUT2D eigenvalue weighted by molar-refractivity contribution is -0.111. The van der Waals surface area contributed by atoms with Gasteiger partial charge in [0, 0.05) is 16.5 Å². The summed E-state index contributed by atoms with van der Waals surface area (Å²) in [6.45, 7) is 0. The summed E-state index contributed by atoms with van der Waals surface area (Å²) >= 11 is 3.37. The van der Waals surface area contributed by atoms with Crippen LogP contribution in [0.5, 0.6) is 0 Å². The van der Waals surface area contributed by atoms with Crippen molar-refractivity contribution in [3.05, 3.63) is 70.6 Å². The van der Waals surface area contributed by atoms with Crippen LogP contribution in [0.15, 0.2) is 58.6 Å². The molecule has 1 aliphatic carbocycles. The van der Waals surface area contributed by atoms with Crippen LogP contribution in [0.1, 0.15) is 5.56 Å². The monoisotopic (exact) mass is 273 g/mol. The van der Waals surface area contributed by atoms with Crippen molar-refractivity contribution in [3.8, 4) is 0 Å². The van der Waals surface area contributed by atoms with Gasteiger partial charge < -0.3 is 0 Å². The van der Waals surface area contributed by atoms with Crippen molar-refractivity contribution in [2.45, 2.75) is 0 Å². The van der Waals surface area contributed by atoms with Gasteiger partial charge in [-0.25, -0.2) is 0 Å². The molecule has 1 aromatic rings. The minimum Gasteiger partial charge on any atom is -0.289 e. The average molecular weight is 274 g/mol. The summed E-state index contributed by atoms with van der Waals surface area (Å²) in [5.41, 5.74) is 1.75. The minimum absolute atomic E-state index is 0.0351. The van der Waals surface area contributed by atoms with Gasteiger partial charge in [-0.15, -0.1) is 0 Å². The summed E-state index contributed by atoms with van der Waals surface area (Å²) in [4.78, 5) is 11.6. The van der Waals surface area contributed by atoms with Crippen LogP contribution in [0.3, 0.4) is 0 Å². The zero-order chi connectivity index (χ0) is 11.4. The molecule has 0 saturated heterocycles. The standard InChI is InChI=1S/C14H10BrO/c15-13-8-5-11(6-9-13)7-10-14(16)12-3-1-2-4-12/h1-10H/b10-7+. The highest BCUT2D eigenvalue weighted by Gasteiger charge is 2.04. The molecule has 1 radical (unpaired) electrons. The fourth-order valence-corrected chi connectivity index (χ4v) is 1.64. The number of ketones is 1. The lowest BCUT2D eigenvalue weighted by atomic mass is 10.1. The molecule has 1 nitrogen and oxygen atoms in total. The van der Waals surface area contributed by atoms with Crippen molar-refractivity contribution in [2.24, 2.45) is 0 Å². The predicted octanol–water partition coefficient (Wildman–Crippen LogP) is 3.73. The van der Waals surface area contributed by atoms with E-state index in [1.807, 2.05) is 55.0 Å². The van der Waals surface area contributed by atoms with E-state index in [0.29, 0.717) is 0 Å². The highest BCUT2D eigenvalue weighted by atomic mass is 79.9. The molecule has 0 saturated carbocycles. The number of carbonyl (C=O) groups excluding carboxylic acids is 1. The Kier molecular flexibility index (Phi) is 3.52. The summed E-state index contributed by atoms with van der Waals surface area (Å²) < 4.78 is 1.03. The van der Waals surface area contributed by atoms with Crippen LogP contribution in [0, 0.1) is 6.42 Å². The Balaban J connectivity index is 2.06. The lowest BCUT2D eigenvalue weighted by Gasteiger charge is -1.94. The van der Waals surface area contributed by atoms with Crippen LogP contribution in [-0.4, -0.2) is 5.78 Å². The molecular weight excluding hydrogens is 264 g/mol. The fourth-order valence-electron chi connectivity index (χ4n) is 1.38. The van der Waals surface area contributed by atoms with E-state index in [1.165, 1.54) is 0 Å². The van der Waals surface area contributed by atoms with Gasteiger partial charge in [0.1, 0.15) is 0 Å². The van der Waals surface area contributed by atoms with Crippen molar-refractivity contribution in [3.63, 3.8) is 0 Å². The van der Waals surface area contributed by atoms with Gasteiger partial charge >= 0.3 is 0 Å². The van der Waals surface area contributed by atoms with Crippen LogP contribution in [-0.2, 0) is 4.79 Å². The average Bonchev–Trinajstić information content (AvgIpc) is 2.81. The topological polar surface area (TPSA) is 17.1 Å². The van der Waals surface area contributed by atoms with Crippen LogP contribution >= 0.6 is 15.9 Å². The van der Waals surface area contributed by atoms with Crippen molar-refractivity contribution in [2.75, 3.05) is 0 Å². The molecule has 0 fully saturated rings. The van der Waals surface area contributed by atoms with E-state index in [4.69, 9.17) is 0 Å². The first-order chi connectivity index (χ1) is 7.75. The molecule has 0 unspecified atom stereocenters. The van der Waals surface area contributed by atoms with Gasteiger partial charge in [-0.3, -0.25) is 4.79 Å². The summed E-state index contributed by atoms with van der Waals surface area (Å²) in [6, 6.07) is 7.82. The predicted molar refractivity (Wildman–Crippen MR) is 69.7 cm³/mol. The van der Waals surface area contributed by atoms with Crippen LogP contribution < -0.4 is 0 Å². The Bertz CT molecular complexity index is 478. The van der Waals surface area contributed by atoms with Gasteiger partial charge in [-0.2, -0.15) is 0 Å². The maximum absolute atomic E-state index is 11.6.